The van der Waals surface area contributed by atoms with E-state index in [1.807, 2.05) is 0 Å². The van der Waals surface area contributed by atoms with E-state index >= 15 is 0 Å². The summed E-state index contributed by atoms with van der Waals surface area (Å²) in [5.74, 6) is -1.26. The van der Waals surface area contributed by atoms with E-state index in [1.165, 1.54) is 17.1 Å². The predicted molar refractivity (Wildman–Crippen MR) is 78.1 cm³/mol. The minimum absolute atomic E-state index is 0.344. The second kappa shape index (κ2) is 6.80. The van der Waals surface area contributed by atoms with Gasteiger partial charge in [-0.1, -0.05) is 6.58 Å². The molecule has 6 heteroatoms. The molecule has 2 rings (SSSR count). The van der Waals surface area contributed by atoms with E-state index < -0.39 is 17.7 Å². The second-order valence-corrected chi connectivity index (χ2v) is 5.18. The Kier molecular flexibility index (Phi) is 5.07. The highest BCUT2D eigenvalue weighted by Gasteiger charge is 2.29. The van der Waals surface area contributed by atoms with Gasteiger partial charge in [0.05, 0.1) is 6.04 Å². The molecule has 0 fully saturated rings. The number of carbonyl (C=O) groups excluding carboxylic acids is 1. The highest BCUT2D eigenvalue weighted by atomic mass is 35.5. The third-order valence-electron chi connectivity index (χ3n) is 3.22. The van der Waals surface area contributed by atoms with Gasteiger partial charge in [0.15, 0.2) is 0 Å². The molecule has 1 atom stereocenters. The lowest BCUT2D eigenvalue weighted by molar-refractivity contribution is -0.129. The van der Waals surface area contributed by atoms with E-state index in [-0.39, 0.29) is 5.91 Å². The molecule has 0 N–H and O–H groups in total. The molecule has 1 aliphatic heterocycles. The van der Waals surface area contributed by atoms with Gasteiger partial charge in [-0.2, -0.15) is 5.10 Å². The largest absolute Gasteiger partial charge is 0.269 e. The number of hydrogen-bond donors (Lipinski definition) is 0. The number of nitrogens with zero attached hydrogens (tertiary/aromatic N) is 2. The lowest BCUT2D eigenvalue weighted by atomic mass is 10.0. The van der Waals surface area contributed by atoms with Gasteiger partial charge in [-0.15, -0.1) is 11.6 Å². The Balaban J connectivity index is 2.17. The molecule has 0 bridgehead atoms. The molecule has 1 aromatic rings. The van der Waals surface area contributed by atoms with Crippen LogP contribution in [0.2, 0.25) is 0 Å². The van der Waals surface area contributed by atoms with Gasteiger partial charge in [-0.25, -0.2) is 13.8 Å². The molecule has 0 radical (unpaired) electrons. The van der Waals surface area contributed by atoms with E-state index in [2.05, 4.69) is 11.7 Å². The van der Waals surface area contributed by atoms with Crippen LogP contribution in [-0.2, 0) is 4.79 Å². The van der Waals surface area contributed by atoms with Crippen LogP contribution < -0.4 is 0 Å². The van der Waals surface area contributed by atoms with Gasteiger partial charge in [0.25, 0.3) is 5.91 Å². The van der Waals surface area contributed by atoms with Crippen LogP contribution in [0.3, 0.4) is 0 Å². The van der Waals surface area contributed by atoms with Crippen LogP contribution in [0.4, 0.5) is 8.78 Å². The number of carbonyl (C=O) groups is 1. The molecule has 112 valence electrons. The van der Waals surface area contributed by atoms with Gasteiger partial charge in [0.1, 0.15) is 11.6 Å². The van der Waals surface area contributed by atoms with Crippen LogP contribution in [0.5, 0.6) is 0 Å². The van der Waals surface area contributed by atoms with Gasteiger partial charge >= 0.3 is 0 Å². The van der Waals surface area contributed by atoms with E-state index in [0.29, 0.717) is 36.3 Å². The van der Waals surface area contributed by atoms with Crippen LogP contribution in [0.25, 0.3) is 0 Å². The molecule has 1 unspecified atom stereocenters. The fourth-order valence-electron chi connectivity index (χ4n) is 2.20. The molecule has 0 saturated heterocycles. The molecule has 21 heavy (non-hydrogen) atoms. The lowest BCUT2D eigenvalue weighted by Gasteiger charge is -2.23. The molecule has 1 aliphatic rings. The third-order valence-corrected chi connectivity index (χ3v) is 3.49. The van der Waals surface area contributed by atoms with Crippen molar-refractivity contribution >= 4 is 23.7 Å². The van der Waals surface area contributed by atoms with E-state index in [4.69, 9.17) is 11.6 Å². The normalized spacial score (nSPS) is 17.3. The molecule has 0 aliphatic carbocycles. The van der Waals surface area contributed by atoms with Crippen LogP contribution >= 0.6 is 11.6 Å². The summed E-state index contributed by atoms with van der Waals surface area (Å²) < 4.78 is 26.6. The first-order valence-corrected chi connectivity index (χ1v) is 7.12. The molecular weight excluding hydrogens is 298 g/mol. The third kappa shape index (κ3) is 3.67. The summed E-state index contributed by atoms with van der Waals surface area (Å²) in [6, 6.07) is 2.72. The number of hydrogen-bond acceptors (Lipinski definition) is 2. The van der Waals surface area contributed by atoms with Crippen molar-refractivity contribution in [3.05, 3.63) is 47.5 Å². The quantitative estimate of drug-likeness (QED) is 0.601. The molecule has 1 aromatic carbocycles. The molecular formula is C15H15ClF2N2O. The van der Waals surface area contributed by atoms with Crippen LogP contribution in [-0.4, -0.2) is 23.0 Å². The fourth-order valence-corrected chi connectivity index (χ4v) is 2.34. The number of halogens is 3. The maximum atomic E-state index is 13.3. The molecule has 0 saturated carbocycles. The summed E-state index contributed by atoms with van der Waals surface area (Å²) in [6.07, 6.45) is 3.08. The molecule has 3 nitrogen and oxygen atoms in total. The number of benzene rings is 1. The SMILES string of the molecule is C=C(CCCCl)C(=O)N1N=CCC1c1cc(F)cc(F)c1. The van der Waals surface area contributed by atoms with Gasteiger partial charge in [0, 0.05) is 30.2 Å². The Bertz CT molecular complexity index is 569. The van der Waals surface area contributed by atoms with Gasteiger partial charge in [-0.3, -0.25) is 4.79 Å². The zero-order chi connectivity index (χ0) is 15.4. The zero-order valence-electron chi connectivity index (χ0n) is 11.4. The second-order valence-electron chi connectivity index (χ2n) is 4.80. The summed E-state index contributed by atoms with van der Waals surface area (Å²) in [4.78, 5) is 12.3. The van der Waals surface area contributed by atoms with Crippen molar-refractivity contribution < 1.29 is 13.6 Å². The molecule has 0 spiro atoms. The predicted octanol–water partition coefficient (Wildman–Crippen LogP) is 3.80. The van der Waals surface area contributed by atoms with Crippen molar-refractivity contribution in [1.82, 2.24) is 5.01 Å². The van der Waals surface area contributed by atoms with E-state index in [1.54, 1.807) is 6.21 Å². The summed E-state index contributed by atoms with van der Waals surface area (Å²) in [7, 11) is 0. The van der Waals surface area contributed by atoms with E-state index in [0.717, 1.165) is 6.07 Å². The summed E-state index contributed by atoms with van der Waals surface area (Å²) in [5, 5.41) is 5.23. The Morgan fingerprint density at radius 2 is 2.05 bits per heavy atom. The van der Waals surface area contributed by atoms with Crippen molar-refractivity contribution in [2.75, 3.05) is 5.88 Å². The highest BCUT2D eigenvalue weighted by Crippen LogP contribution is 2.30. The Hall–Kier alpha value is -1.75. The van der Waals surface area contributed by atoms with Crippen molar-refractivity contribution in [3.8, 4) is 0 Å². The summed E-state index contributed by atoms with van der Waals surface area (Å²) >= 11 is 5.59. The first kappa shape index (κ1) is 15.6. The fraction of sp³-hybridized carbons (Fsp3) is 0.333. The first-order chi connectivity index (χ1) is 10.0. The minimum Gasteiger partial charge on any atom is -0.268 e. The maximum Gasteiger partial charge on any atom is 0.269 e. The van der Waals surface area contributed by atoms with Crippen molar-refractivity contribution in [1.29, 1.82) is 0 Å². The van der Waals surface area contributed by atoms with Crippen LogP contribution in [0.1, 0.15) is 30.9 Å². The topological polar surface area (TPSA) is 32.7 Å². The number of hydrazone groups is 1. The molecule has 1 heterocycles. The lowest BCUT2D eigenvalue weighted by Crippen LogP contribution is -2.28. The number of amides is 1. The first-order valence-electron chi connectivity index (χ1n) is 6.58. The monoisotopic (exact) mass is 312 g/mol. The van der Waals surface area contributed by atoms with Crippen molar-refractivity contribution in [3.63, 3.8) is 0 Å². The highest BCUT2D eigenvalue weighted by molar-refractivity contribution is 6.17. The van der Waals surface area contributed by atoms with Gasteiger partial charge < -0.3 is 0 Å². The molecule has 1 amide bonds. The number of rotatable bonds is 5. The van der Waals surface area contributed by atoms with Crippen molar-refractivity contribution in [2.45, 2.75) is 25.3 Å². The van der Waals surface area contributed by atoms with Crippen LogP contribution in [0, 0.1) is 11.6 Å². The Labute approximate surface area is 126 Å². The van der Waals surface area contributed by atoms with Crippen LogP contribution in [0.15, 0.2) is 35.5 Å². The maximum absolute atomic E-state index is 13.3. The Morgan fingerprint density at radius 1 is 1.38 bits per heavy atom. The number of alkyl halides is 1. The smallest absolute Gasteiger partial charge is 0.268 e. The minimum atomic E-state index is -0.676. The average molecular weight is 313 g/mol. The average Bonchev–Trinajstić information content (AvgIpc) is 2.92. The van der Waals surface area contributed by atoms with Gasteiger partial charge in [0.2, 0.25) is 0 Å². The van der Waals surface area contributed by atoms with Gasteiger partial charge in [-0.05, 0) is 30.5 Å². The summed E-state index contributed by atoms with van der Waals surface area (Å²) in [6.45, 7) is 3.73. The van der Waals surface area contributed by atoms with E-state index in [9.17, 15) is 13.6 Å². The van der Waals surface area contributed by atoms with Crippen molar-refractivity contribution in [2.24, 2.45) is 5.10 Å². The summed E-state index contributed by atoms with van der Waals surface area (Å²) in [5.41, 5.74) is 0.764. The zero-order valence-corrected chi connectivity index (χ0v) is 12.1. The Morgan fingerprint density at radius 3 is 2.67 bits per heavy atom. The molecule has 0 aromatic heterocycles. The standard InChI is InChI=1S/C15H15ClF2N2O/c1-10(3-2-5-16)15(21)20-14(4-6-19-20)11-7-12(17)9-13(18)8-11/h6-9,14H,1-5H2.